The van der Waals surface area contributed by atoms with Crippen molar-refractivity contribution in [3.63, 3.8) is 0 Å². The van der Waals surface area contributed by atoms with Gasteiger partial charge in [0.1, 0.15) is 0 Å². The number of ether oxygens (including phenoxy) is 2. The van der Waals surface area contributed by atoms with E-state index in [1.54, 1.807) is 0 Å². The average molecular weight is 467 g/mol. The monoisotopic (exact) mass is 467 g/mol. The summed E-state index contributed by atoms with van der Waals surface area (Å²) in [5, 5.41) is 3.23. The second kappa shape index (κ2) is 14.1. The fourth-order valence-electron chi connectivity index (χ4n) is 3.02. The summed E-state index contributed by atoms with van der Waals surface area (Å²) >= 11 is 0. The van der Waals surface area contributed by atoms with E-state index in [1.165, 1.54) is 17.1 Å². The molecule has 0 bridgehead atoms. The SMILES string of the molecule is O=C(CCCCCN1C(=O)C=CC1=O)NCCOCCOCCC(=O)ON1C(=O)CCC1=O. The van der Waals surface area contributed by atoms with E-state index < -0.39 is 17.8 Å². The number of imide groups is 2. The molecule has 0 saturated carbocycles. The second-order valence-corrected chi connectivity index (χ2v) is 7.34. The summed E-state index contributed by atoms with van der Waals surface area (Å²) < 4.78 is 10.5. The zero-order chi connectivity index (χ0) is 24.1. The van der Waals surface area contributed by atoms with E-state index in [1.807, 2.05) is 0 Å². The highest BCUT2D eigenvalue weighted by Crippen LogP contribution is 2.12. The number of rotatable bonds is 16. The van der Waals surface area contributed by atoms with Gasteiger partial charge in [0.15, 0.2) is 0 Å². The Hall–Kier alpha value is -3.12. The van der Waals surface area contributed by atoms with Crippen LogP contribution in [0.5, 0.6) is 0 Å². The molecule has 2 aliphatic rings. The lowest BCUT2D eigenvalue weighted by Gasteiger charge is -2.13. The number of carbonyl (C=O) groups excluding carboxylic acids is 6. The molecule has 0 aliphatic carbocycles. The minimum Gasteiger partial charge on any atom is -0.378 e. The van der Waals surface area contributed by atoms with Gasteiger partial charge in [-0.15, -0.1) is 5.06 Å². The number of unbranched alkanes of at least 4 members (excludes halogenated alkanes) is 2. The molecule has 2 aliphatic heterocycles. The zero-order valence-corrected chi connectivity index (χ0v) is 18.4. The predicted octanol–water partition coefficient (Wildman–Crippen LogP) is -0.381. The van der Waals surface area contributed by atoms with Gasteiger partial charge in [-0.05, 0) is 12.8 Å². The van der Waals surface area contributed by atoms with Crippen molar-refractivity contribution in [2.24, 2.45) is 0 Å². The van der Waals surface area contributed by atoms with Gasteiger partial charge in [-0.1, -0.05) is 6.42 Å². The Morgan fingerprint density at radius 3 is 2.12 bits per heavy atom. The maximum Gasteiger partial charge on any atom is 0.335 e. The van der Waals surface area contributed by atoms with Gasteiger partial charge in [0, 0.05) is 44.5 Å². The van der Waals surface area contributed by atoms with Gasteiger partial charge in [0.05, 0.1) is 32.8 Å². The van der Waals surface area contributed by atoms with Crippen molar-refractivity contribution in [2.75, 3.05) is 39.5 Å². The molecule has 33 heavy (non-hydrogen) atoms. The van der Waals surface area contributed by atoms with E-state index in [0.717, 1.165) is 6.42 Å². The second-order valence-electron chi connectivity index (χ2n) is 7.34. The molecule has 12 heteroatoms. The van der Waals surface area contributed by atoms with Crippen LogP contribution in [0.15, 0.2) is 12.2 Å². The van der Waals surface area contributed by atoms with Crippen LogP contribution < -0.4 is 5.32 Å². The van der Waals surface area contributed by atoms with Crippen molar-refractivity contribution >= 4 is 35.5 Å². The van der Waals surface area contributed by atoms with Crippen LogP contribution in [0.1, 0.15) is 44.9 Å². The fourth-order valence-corrected chi connectivity index (χ4v) is 3.02. The summed E-state index contributed by atoms with van der Waals surface area (Å²) in [7, 11) is 0. The lowest BCUT2D eigenvalue weighted by atomic mass is 10.2. The first-order chi connectivity index (χ1) is 15.9. The standard InChI is InChI=1S/C21H29N3O9/c25-16(4-2-1-3-11-23-17(26)5-6-18(23)27)22-10-13-32-15-14-31-12-9-21(30)33-24-19(28)7-8-20(24)29/h5-6H,1-4,7-15H2,(H,22,25). The topological polar surface area (TPSA) is 149 Å². The highest BCUT2D eigenvalue weighted by Gasteiger charge is 2.32. The maximum absolute atomic E-state index is 11.8. The molecule has 12 nitrogen and oxygen atoms in total. The molecule has 1 fully saturated rings. The average Bonchev–Trinajstić information content (AvgIpc) is 3.27. The minimum atomic E-state index is -0.725. The molecular formula is C21H29N3O9. The summed E-state index contributed by atoms with van der Waals surface area (Å²) in [4.78, 5) is 74.7. The molecule has 0 unspecified atom stereocenters. The predicted molar refractivity (Wildman–Crippen MR) is 111 cm³/mol. The highest BCUT2D eigenvalue weighted by molar-refractivity contribution is 6.12. The number of amides is 5. The van der Waals surface area contributed by atoms with Gasteiger partial charge in [0.25, 0.3) is 23.6 Å². The number of nitrogens with one attached hydrogen (secondary N) is 1. The molecule has 0 atom stereocenters. The van der Waals surface area contributed by atoms with Gasteiger partial charge < -0.3 is 19.6 Å². The molecular weight excluding hydrogens is 438 g/mol. The molecule has 2 heterocycles. The third-order valence-corrected chi connectivity index (χ3v) is 4.78. The number of hydrogen-bond acceptors (Lipinski definition) is 9. The number of hydroxylamine groups is 2. The normalized spacial score (nSPS) is 15.6. The number of carbonyl (C=O) groups is 6. The number of hydrogen-bond donors (Lipinski definition) is 1. The Balaban J connectivity index is 1.35. The van der Waals surface area contributed by atoms with Crippen LogP contribution in [0.4, 0.5) is 0 Å². The molecule has 2 rings (SSSR count). The first kappa shape index (κ1) is 26.1. The van der Waals surface area contributed by atoms with Crippen molar-refractivity contribution in [1.82, 2.24) is 15.3 Å². The van der Waals surface area contributed by atoms with E-state index in [0.29, 0.717) is 44.0 Å². The third-order valence-electron chi connectivity index (χ3n) is 4.78. The quantitative estimate of drug-likeness (QED) is 0.237. The third kappa shape index (κ3) is 9.49. The molecule has 0 aromatic carbocycles. The zero-order valence-electron chi connectivity index (χ0n) is 18.4. The lowest BCUT2D eigenvalue weighted by Crippen LogP contribution is -2.32. The Labute approximate surface area is 191 Å². The van der Waals surface area contributed by atoms with Crippen LogP contribution >= 0.6 is 0 Å². The Kier molecular flexibility index (Phi) is 11.2. The van der Waals surface area contributed by atoms with E-state index in [-0.39, 0.29) is 56.8 Å². The summed E-state index contributed by atoms with van der Waals surface area (Å²) in [5.41, 5.74) is 0. The molecule has 1 N–H and O–H groups in total. The smallest absolute Gasteiger partial charge is 0.335 e. The van der Waals surface area contributed by atoms with Crippen LogP contribution in [0, 0.1) is 0 Å². The van der Waals surface area contributed by atoms with Crippen LogP contribution in [0.2, 0.25) is 0 Å². The van der Waals surface area contributed by atoms with Crippen molar-refractivity contribution in [2.45, 2.75) is 44.9 Å². The lowest BCUT2D eigenvalue weighted by molar-refractivity contribution is -0.198. The molecule has 0 spiro atoms. The van der Waals surface area contributed by atoms with E-state index in [4.69, 9.17) is 14.3 Å². The van der Waals surface area contributed by atoms with Crippen LogP contribution in [-0.4, -0.2) is 85.0 Å². The molecule has 1 saturated heterocycles. The van der Waals surface area contributed by atoms with Crippen LogP contribution in [0.3, 0.4) is 0 Å². The summed E-state index contributed by atoms with van der Waals surface area (Å²) in [6.07, 6.45) is 4.90. The maximum atomic E-state index is 11.8. The fraction of sp³-hybridized carbons (Fsp3) is 0.619. The van der Waals surface area contributed by atoms with Gasteiger partial charge in [0.2, 0.25) is 5.91 Å². The molecule has 182 valence electrons. The van der Waals surface area contributed by atoms with Gasteiger partial charge in [-0.3, -0.25) is 28.9 Å². The molecule has 0 aromatic rings. The van der Waals surface area contributed by atoms with E-state index in [2.05, 4.69) is 5.32 Å². The molecule has 0 aromatic heterocycles. The minimum absolute atomic E-state index is 0.0453. The molecule has 0 radical (unpaired) electrons. The first-order valence-corrected chi connectivity index (χ1v) is 10.9. The largest absolute Gasteiger partial charge is 0.378 e. The summed E-state index contributed by atoms with van der Waals surface area (Å²) in [5.74, 6) is -2.46. The molecule has 5 amide bonds. The number of nitrogens with zero attached hydrogens (tertiary/aromatic N) is 2. The summed E-state index contributed by atoms with van der Waals surface area (Å²) in [6, 6.07) is 0. The van der Waals surface area contributed by atoms with Gasteiger partial charge in [-0.2, -0.15) is 0 Å². The van der Waals surface area contributed by atoms with Crippen molar-refractivity contribution in [1.29, 1.82) is 0 Å². The van der Waals surface area contributed by atoms with Crippen LogP contribution in [0.25, 0.3) is 0 Å². The first-order valence-electron chi connectivity index (χ1n) is 10.9. The van der Waals surface area contributed by atoms with Crippen molar-refractivity contribution < 1.29 is 43.1 Å². The van der Waals surface area contributed by atoms with Crippen LogP contribution in [-0.2, 0) is 43.1 Å². The van der Waals surface area contributed by atoms with Gasteiger partial charge >= 0.3 is 5.97 Å². The Morgan fingerprint density at radius 1 is 0.818 bits per heavy atom. The summed E-state index contributed by atoms with van der Waals surface area (Å²) in [6.45, 7) is 1.60. The van der Waals surface area contributed by atoms with E-state index in [9.17, 15) is 28.8 Å². The van der Waals surface area contributed by atoms with E-state index >= 15 is 0 Å². The van der Waals surface area contributed by atoms with Crippen molar-refractivity contribution in [3.05, 3.63) is 12.2 Å². The Morgan fingerprint density at radius 2 is 1.45 bits per heavy atom. The van der Waals surface area contributed by atoms with Gasteiger partial charge in [-0.25, -0.2) is 4.79 Å². The van der Waals surface area contributed by atoms with Crippen molar-refractivity contribution in [3.8, 4) is 0 Å². The highest BCUT2D eigenvalue weighted by atomic mass is 16.7. The Bertz CT molecular complexity index is 747.